The maximum absolute atomic E-state index is 12.7. The zero-order valence-electron chi connectivity index (χ0n) is 13.0. The van der Waals surface area contributed by atoms with Crippen molar-refractivity contribution in [3.8, 4) is 0 Å². The standard InChI is InChI=1S/C16H18ClF3N2O2/c1-9-4-2-3-5-12(9)21-14(23)15(24)22-13-8-10(16(18,19)20)6-7-11(13)17/h6-9,12H,2-5H2,1H3,(H,21,23)(H,22,24)/t9-,12-/m0/s1. The fourth-order valence-electron chi connectivity index (χ4n) is 2.74. The van der Waals surface area contributed by atoms with Gasteiger partial charge in [-0.15, -0.1) is 0 Å². The molecule has 1 aliphatic rings. The van der Waals surface area contributed by atoms with Crippen LogP contribution < -0.4 is 10.6 Å². The van der Waals surface area contributed by atoms with Crippen LogP contribution in [-0.4, -0.2) is 17.9 Å². The van der Waals surface area contributed by atoms with Gasteiger partial charge in [0.15, 0.2) is 0 Å². The van der Waals surface area contributed by atoms with E-state index in [4.69, 9.17) is 11.6 Å². The summed E-state index contributed by atoms with van der Waals surface area (Å²) in [5.41, 5.74) is -1.20. The first-order valence-corrected chi connectivity index (χ1v) is 8.05. The van der Waals surface area contributed by atoms with Crippen LogP contribution in [0.4, 0.5) is 18.9 Å². The van der Waals surface area contributed by atoms with Gasteiger partial charge in [0, 0.05) is 6.04 Å². The van der Waals surface area contributed by atoms with Crippen LogP contribution in [0.2, 0.25) is 5.02 Å². The molecular weight excluding hydrogens is 345 g/mol. The van der Waals surface area contributed by atoms with Crippen LogP contribution in [0.5, 0.6) is 0 Å². The molecule has 0 saturated heterocycles. The summed E-state index contributed by atoms with van der Waals surface area (Å²) in [5, 5.41) is 4.71. The molecule has 0 unspecified atom stereocenters. The minimum Gasteiger partial charge on any atom is -0.345 e. The van der Waals surface area contributed by atoms with E-state index in [-0.39, 0.29) is 22.7 Å². The van der Waals surface area contributed by atoms with E-state index in [2.05, 4.69) is 10.6 Å². The van der Waals surface area contributed by atoms with Crippen molar-refractivity contribution >= 4 is 29.1 Å². The van der Waals surface area contributed by atoms with Crippen molar-refractivity contribution in [1.82, 2.24) is 5.32 Å². The predicted octanol–water partition coefficient (Wildman–Crippen LogP) is 3.99. The Hall–Kier alpha value is -1.76. The summed E-state index contributed by atoms with van der Waals surface area (Å²) in [5.74, 6) is -1.65. The fourth-order valence-corrected chi connectivity index (χ4v) is 2.91. The summed E-state index contributed by atoms with van der Waals surface area (Å²) in [6.07, 6.45) is -0.768. The molecule has 1 aromatic rings. The lowest BCUT2D eigenvalue weighted by atomic mass is 9.86. The molecule has 0 bridgehead atoms. The van der Waals surface area contributed by atoms with E-state index in [9.17, 15) is 22.8 Å². The first-order valence-electron chi connectivity index (χ1n) is 7.67. The number of rotatable bonds is 2. The zero-order chi connectivity index (χ0) is 17.9. The van der Waals surface area contributed by atoms with Crippen molar-refractivity contribution < 1.29 is 22.8 Å². The van der Waals surface area contributed by atoms with Crippen molar-refractivity contribution in [3.05, 3.63) is 28.8 Å². The highest BCUT2D eigenvalue weighted by Gasteiger charge is 2.31. The van der Waals surface area contributed by atoms with Crippen LogP contribution in [-0.2, 0) is 15.8 Å². The van der Waals surface area contributed by atoms with Crippen molar-refractivity contribution in [3.63, 3.8) is 0 Å². The van der Waals surface area contributed by atoms with Crippen LogP contribution in [0.15, 0.2) is 18.2 Å². The first-order chi connectivity index (χ1) is 11.2. The number of alkyl halides is 3. The number of halogens is 4. The molecule has 2 atom stereocenters. The Morgan fingerprint density at radius 2 is 1.83 bits per heavy atom. The monoisotopic (exact) mass is 362 g/mol. The Balaban J connectivity index is 2.04. The SMILES string of the molecule is C[C@H]1CCCC[C@@H]1NC(=O)C(=O)Nc1cc(C(F)(F)F)ccc1Cl. The summed E-state index contributed by atoms with van der Waals surface area (Å²) in [6, 6.07) is 2.44. The van der Waals surface area contributed by atoms with E-state index < -0.39 is 23.6 Å². The Kier molecular flexibility index (Phi) is 5.74. The van der Waals surface area contributed by atoms with Gasteiger partial charge in [0.2, 0.25) is 0 Å². The number of hydrogen-bond donors (Lipinski definition) is 2. The molecule has 1 aromatic carbocycles. The summed E-state index contributed by atoms with van der Waals surface area (Å²) < 4.78 is 38.1. The number of benzene rings is 1. The van der Waals surface area contributed by atoms with Gasteiger partial charge in [0.25, 0.3) is 0 Å². The molecule has 1 saturated carbocycles. The molecule has 1 aliphatic carbocycles. The third-order valence-electron chi connectivity index (χ3n) is 4.18. The van der Waals surface area contributed by atoms with Gasteiger partial charge in [-0.2, -0.15) is 13.2 Å². The molecule has 1 fully saturated rings. The average molecular weight is 363 g/mol. The van der Waals surface area contributed by atoms with E-state index in [0.717, 1.165) is 37.8 Å². The van der Waals surface area contributed by atoms with Crippen LogP contribution in [0, 0.1) is 5.92 Å². The minimum absolute atomic E-state index is 0.0739. The molecule has 2 amide bonds. The van der Waals surface area contributed by atoms with E-state index in [0.29, 0.717) is 6.07 Å². The van der Waals surface area contributed by atoms with E-state index >= 15 is 0 Å². The number of amides is 2. The van der Waals surface area contributed by atoms with E-state index in [1.54, 1.807) is 0 Å². The third kappa shape index (κ3) is 4.63. The second kappa shape index (κ2) is 7.42. The summed E-state index contributed by atoms with van der Waals surface area (Å²) in [6.45, 7) is 1.99. The molecule has 2 rings (SSSR count). The molecule has 0 spiro atoms. The molecule has 4 nitrogen and oxygen atoms in total. The summed E-state index contributed by atoms with van der Waals surface area (Å²) in [7, 11) is 0. The smallest absolute Gasteiger partial charge is 0.345 e. The molecule has 8 heteroatoms. The van der Waals surface area contributed by atoms with Gasteiger partial charge in [-0.05, 0) is 37.0 Å². The molecule has 132 valence electrons. The topological polar surface area (TPSA) is 58.2 Å². The molecular formula is C16H18ClF3N2O2. The van der Waals surface area contributed by atoms with Gasteiger partial charge in [0.1, 0.15) is 0 Å². The van der Waals surface area contributed by atoms with Crippen molar-refractivity contribution in [2.45, 2.75) is 44.8 Å². The molecule has 24 heavy (non-hydrogen) atoms. The Bertz CT molecular complexity index is 634. The van der Waals surface area contributed by atoms with E-state index in [1.165, 1.54) is 0 Å². The highest BCUT2D eigenvalue weighted by molar-refractivity contribution is 6.41. The second-order valence-electron chi connectivity index (χ2n) is 5.99. The lowest BCUT2D eigenvalue weighted by Gasteiger charge is -2.29. The molecule has 0 radical (unpaired) electrons. The quantitative estimate of drug-likeness (QED) is 0.781. The zero-order valence-corrected chi connectivity index (χ0v) is 13.8. The van der Waals surface area contributed by atoms with Crippen LogP contribution in [0.3, 0.4) is 0 Å². The largest absolute Gasteiger partial charge is 0.416 e. The predicted molar refractivity (Wildman–Crippen MR) is 84.6 cm³/mol. The maximum Gasteiger partial charge on any atom is 0.416 e. The molecule has 0 heterocycles. The highest BCUT2D eigenvalue weighted by atomic mass is 35.5. The number of hydrogen-bond acceptors (Lipinski definition) is 2. The number of carbonyl (C=O) groups is 2. The van der Waals surface area contributed by atoms with Crippen molar-refractivity contribution in [2.75, 3.05) is 5.32 Å². The lowest BCUT2D eigenvalue weighted by Crippen LogP contribution is -2.45. The van der Waals surface area contributed by atoms with Gasteiger partial charge < -0.3 is 10.6 Å². The van der Waals surface area contributed by atoms with E-state index in [1.807, 2.05) is 6.92 Å². The normalized spacial score (nSPS) is 21.2. The van der Waals surface area contributed by atoms with Crippen LogP contribution >= 0.6 is 11.6 Å². The van der Waals surface area contributed by atoms with Crippen molar-refractivity contribution in [1.29, 1.82) is 0 Å². The Labute approximate surface area is 142 Å². The highest BCUT2D eigenvalue weighted by Crippen LogP contribution is 2.33. The lowest BCUT2D eigenvalue weighted by molar-refractivity contribution is -0.137. The summed E-state index contributed by atoms with van der Waals surface area (Å²) >= 11 is 5.80. The second-order valence-corrected chi connectivity index (χ2v) is 6.40. The van der Waals surface area contributed by atoms with Gasteiger partial charge in [-0.1, -0.05) is 31.4 Å². The van der Waals surface area contributed by atoms with Gasteiger partial charge >= 0.3 is 18.0 Å². The van der Waals surface area contributed by atoms with Crippen LogP contribution in [0.25, 0.3) is 0 Å². The van der Waals surface area contributed by atoms with Gasteiger partial charge in [0.05, 0.1) is 16.3 Å². The molecule has 2 N–H and O–H groups in total. The molecule has 0 aromatic heterocycles. The fraction of sp³-hybridized carbons (Fsp3) is 0.500. The minimum atomic E-state index is -4.57. The Morgan fingerprint density at radius 1 is 1.17 bits per heavy atom. The number of nitrogens with one attached hydrogen (secondary N) is 2. The van der Waals surface area contributed by atoms with Gasteiger partial charge in [-0.3, -0.25) is 9.59 Å². The Morgan fingerprint density at radius 3 is 2.46 bits per heavy atom. The van der Waals surface area contributed by atoms with Crippen LogP contribution in [0.1, 0.15) is 38.2 Å². The van der Waals surface area contributed by atoms with Crippen molar-refractivity contribution in [2.24, 2.45) is 5.92 Å². The molecule has 0 aliphatic heterocycles. The first kappa shape index (κ1) is 18.6. The maximum atomic E-state index is 12.7. The van der Waals surface area contributed by atoms with Gasteiger partial charge in [-0.25, -0.2) is 0 Å². The number of carbonyl (C=O) groups excluding carboxylic acids is 2. The average Bonchev–Trinajstić information content (AvgIpc) is 2.50. The third-order valence-corrected chi connectivity index (χ3v) is 4.51. The summed E-state index contributed by atoms with van der Waals surface area (Å²) in [4.78, 5) is 23.9. The number of anilines is 1.